The molecule has 72 valence electrons. The van der Waals surface area contributed by atoms with Gasteiger partial charge in [-0.1, -0.05) is 12.8 Å². The van der Waals surface area contributed by atoms with Crippen molar-refractivity contribution in [2.45, 2.75) is 37.7 Å². The Kier molecular flexibility index (Phi) is 2.31. The van der Waals surface area contributed by atoms with Crippen LogP contribution in [0.1, 0.15) is 37.4 Å². The molecule has 1 aromatic heterocycles. The molecular formula is C9H15N3O. The Labute approximate surface area is 77.6 Å². The maximum absolute atomic E-state index is 9.78. The third kappa shape index (κ3) is 1.58. The van der Waals surface area contributed by atoms with Crippen LogP contribution >= 0.6 is 0 Å². The molecule has 1 aliphatic rings. The van der Waals surface area contributed by atoms with Crippen LogP contribution in [0.3, 0.4) is 0 Å². The molecule has 1 saturated carbocycles. The predicted molar refractivity (Wildman–Crippen MR) is 48.2 cm³/mol. The lowest BCUT2D eigenvalue weighted by Gasteiger charge is -2.26. The first-order valence-corrected chi connectivity index (χ1v) is 4.81. The molecule has 1 heterocycles. The van der Waals surface area contributed by atoms with Gasteiger partial charge in [-0.2, -0.15) is 5.10 Å². The van der Waals surface area contributed by atoms with Gasteiger partial charge in [0.15, 0.2) is 0 Å². The zero-order valence-electron chi connectivity index (χ0n) is 7.85. The average Bonchev–Trinajstić information content (AvgIpc) is 2.52. The lowest BCUT2D eigenvalue weighted by molar-refractivity contribution is 0.101. The van der Waals surface area contributed by atoms with Crippen LogP contribution in [0.15, 0.2) is 6.33 Å². The Morgan fingerprint density at radius 2 is 2.23 bits per heavy atom. The zero-order valence-corrected chi connectivity index (χ0v) is 7.85. The third-order valence-corrected chi connectivity index (χ3v) is 2.81. The minimum atomic E-state index is -0.225. The minimum absolute atomic E-state index is 0.196. The first-order valence-electron chi connectivity index (χ1n) is 4.81. The molecule has 13 heavy (non-hydrogen) atoms. The van der Waals surface area contributed by atoms with Crippen molar-refractivity contribution < 1.29 is 5.11 Å². The van der Waals surface area contributed by atoms with Crippen molar-refractivity contribution in [1.29, 1.82) is 0 Å². The number of hydrogen-bond donors (Lipinski definition) is 1. The number of aryl methyl sites for hydroxylation is 1. The van der Waals surface area contributed by atoms with E-state index in [9.17, 15) is 5.11 Å². The first kappa shape index (κ1) is 8.69. The Hall–Kier alpha value is -0.900. The van der Waals surface area contributed by atoms with Crippen molar-refractivity contribution in [2.75, 3.05) is 0 Å². The van der Waals surface area contributed by atoms with Gasteiger partial charge in [0, 0.05) is 13.0 Å². The monoisotopic (exact) mass is 181 g/mol. The fraction of sp³-hybridized carbons (Fsp3) is 0.778. The second kappa shape index (κ2) is 3.46. The van der Waals surface area contributed by atoms with Crippen molar-refractivity contribution >= 4 is 0 Å². The number of aromatic nitrogens is 3. The van der Waals surface area contributed by atoms with Crippen molar-refractivity contribution in [3.05, 3.63) is 12.2 Å². The summed E-state index contributed by atoms with van der Waals surface area (Å²) in [5.41, 5.74) is 0. The Morgan fingerprint density at radius 3 is 2.85 bits per heavy atom. The van der Waals surface area contributed by atoms with Crippen LogP contribution in [0.4, 0.5) is 0 Å². The molecule has 0 unspecified atom stereocenters. The van der Waals surface area contributed by atoms with E-state index in [4.69, 9.17) is 0 Å². The van der Waals surface area contributed by atoms with Crippen LogP contribution < -0.4 is 0 Å². The van der Waals surface area contributed by atoms with E-state index in [-0.39, 0.29) is 12.0 Å². The highest BCUT2D eigenvalue weighted by atomic mass is 16.3. The van der Waals surface area contributed by atoms with Gasteiger partial charge in [0.05, 0.1) is 6.10 Å². The first-order chi connectivity index (χ1) is 6.29. The molecule has 0 saturated heterocycles. The van der Waals surface area contributed by atoms with Gasteiger partial charge in [0.1, 0.15) is 12.2 Å². The van der Waals surface area contributed by atoms with Crippen LogP contribution in [0.5, 0.6) is 0 Å². The molecule has 0 amide bonds. The van der Waals surface area contributed by atoms with Crippen molar-refractivity contribution in [3.63, 3.8) is 0 Å². The molecule has 0 aromatic carbocycles. The third-order valence-electron chi connectivity index (χ3n) is 2.81. The van der Waals surface area contributed by atoms with Gasteiger partial charge in [-0.15, -0.1) is 0 Å². The smallest absolute Gasteiger partial charge is 0.138 e. The van der Waals surface area contributed by atoms with Crippen LogP contribution in [0, 0.1) is 0 Å². The normalized spacial score (nSPS) is 29.1. The maximum Gasteiger partial charge on any atom is 0.138 e. The van der Waals surface area contributed by atoms with Gasteiger partial charge in [-0.05, 0) is 12.8 Å². The highest BCUT2D eigenvalue weighted by molar-refractivity contribution is 5.00. The molecule has 1 fully saturated rings. The van der Waals surface area contributed by atoms with Gasteiger partial charge in [-0.25, -0.2) is 4.98 Å². The van der Waals surface area contributed by atoms with E-state index in [0.717, 1.165) is 25.1 Å². The van der Waals surface area contributed by atoms with Gasteiger partial charge < -0.3 is 5.11 Å². The van der Waals surface area contributed by atoms with E-state index in [0.29, 0.717) is 0 Å². The Balaban J connectivity index is 2.19. The molecule has 0 aliphatic heterocycles. The van der Waals surface area contributed by atoms with Gasteiger partial charge in [-0.3, -0.25) is 4.68 Å². The molecule has 4 heteroatoms. The quantitative estimate of drug-likeness (QED) is 0.698. The topological polar surface area (TPSA) is 50.9 Å². The molecule has 1 N–H and O–H groups in total. The van der Waals surface area contributed by atoms with E-state index in [1.54, 1.807) is 11.0 Å². The molecule has 0 bridgehead atoms. The number of rotatable bonds is 1. The summed E-state index contributed by atoms with van der Waals surface area (Å²) in [6.07, 6.45) is 5.59. The molecule has 0 spiro atoms. The van der Waals surface area contributed by atoms with Gasteiger partial charge >= 0.3 is 0 Å². The van der Waals surface area contributed by atoms with Crippen LogP contribution in [-0.4, -0.2) is 26.0 Å². The van der Waals surface area contributed by atoms with E-state index >= 15 is 0 Å². The van der Waals surface area contributed by atoms with E-state index in [1.165, 1.54) is 6.42 Å². The number of aliphatic hydroxyl groups excluding tert-OH is 1. The SMILES string of the molecule is Cn1ncnc1[C@@H]1CCCC[C@H]1O. The Morgan fingerprint density at radius 1 is 1.46 bits per heavy atom. The molecule has 4 nitrogen and oxygen atoms in total. The lowest BCUT2D eigenvalue weighted by atomic mass is 9.86. The zero-order chi connectivity index (χ0) is 9.26. The summed E-state index contributed by atoms with van der Waals surface area (Å²) in [5.74, 6) is 1.12. The van der Waals surface area contributed by atoms with Gasteiger partial charge in [0.2, 0.25) is 0 Å². The largest absolute Gasteiger partial charge is 0.392 e. The number of nitrogens with zero attached hydrogens (tertiary/aromatic N) is 3. The molecule has 2 atom stereocenters. The van der Waals surface area contributed by atoms with Crippen molar-refractivity contribution in [2.24, 2.45) is 7.05 Å². The molecule has 1 aromatic rings. The summed E-state index contributed by atoms with van der Waals surface area (Å²) in [5, 5.41) is 13.8. The summed E-state index contributed by atoms with van der Waals surface area (Å²) < 4.78 is 1.76. The summed E-state index contributed by atoms with van der Waals surface area (Å²) >= 11 is 0. The lowest BCUT2D eigenvalue weighted by Crippen LogP contribution is -2.25. The summed E-state index contributed by atoms with van der Waals surface area (Å²) in [4.78, 5) is 4.18. The second-order valence-corrected chi connectivity index (χ2v) is 3.70. The van der Waals surface area contributed by atoms with E-state index in [2.05, 4.69) is 10.1 Å². The average molecular weight is 181 g/mol. The maximum atomic E-state index is 9.78. The summed E-state index contributed by atoms with van der Waals surface area (Å²) in [7, 11) is 1.88. The fourth-order valence-corrected chi connectivity index (χ4v) is 2.05. The van der Waals surface area contributed by atoms with Crippen molar-refractivity contribution in [1.82, 2.24) is 14.8 Å². The highest BCUT2D eigenvalue weighted by Gasteiger charge is 2.27. The second-order valence-electron chi connectivity index (χ2n) is 3.70. The van der Waals surface area contributed by atoms with Crippen molar-refractivity contribution in [3.8, 4) is 0 Å². The predicted octanol–water partition coefficient (Wildman–Crippen LogP) is 0.834. The Bertz CT molecular complexity index is 284. The summed E-state index contributed by atoms with van der Waals surface area (Å²) in [6, 6.07) is 0. The number of aliphatic hydroxyl groups is 1. The standard InChI is InChI=1S/C9H15N3O/c1-12-9(10-6-11-12)7-4-2-3-5-8(7)13/h6-8,13H,2-5H2,1H3/t7-,8-/m1/s1. The van der Waals surface area contributed by atoms with Crippen LogP contribution in [0.2, 0.25) is 0 Å². The molecule has 1 aliphatic carbocycles. The van der Waals surface area contributed by atoms with E-state index in [1.807, 2.05) is 7.05 Å². The molecular weight excluding hydrogens is 166 g/mol. The van der Waals surface area contributed by atoms with Crippen LogP contribution in [-0.2, 0) is 7.05 Å². The summed E-state index contributed by atoms with van der Waals surface area (Å²) in [6.45, 7) is 0. The van der Waals surface area contributed by atoms with Gasteiger partial charge in [0.25, 0.3) is 0 Å². The highest BCUT2D eigenvalue weighted by Crippen LogP contribution is 2.31. The van der Waals surface area contributed by atoms with Crippen LogP contribution in [0.25, 0.3) is 0 Å². The molecule has 0 radical (unpaired) electrons. The number of hydrogen-bond acceptors (Lipinski definition) is 3. The fourth-order valence-electron chi connectivity index (χ4n) is 2.05. The molecule has 2 rings (SSSR count). The van der Waals surface area contributed by atoms with E-state index < -0.39 is 0 Å². The minimum Gasteiger partial charge on any atom is -0.392 e.